The van der Waals surface area contributed by atoms with Gasteiger partial charge in [-0.3, -0.25) is 4.90 Å². The van der Waals surface area contributed by atoms with Crippen LogP contribution in [0.25, 0.3) is 0 Å². The molecule has 1 N–H and O–H groups in total. The summed E-state index contributed by atoms with van der Waals surface area (Å²) in [5, 5.41) is 14.1. The molecule has 2 aliphatic rings. The van der Waals surface area contributed by atoms with Crippen LogP contribution < -0.4 is 0 Å². The first-order valence-corrected chi connectivity index (χ1v) is 7.71. The van der Waals surface area contributed by atoms with Crippen molar-refractivity contribution in [3.8, 4) is 0 Å². The molecule has 3 atom stereocenters. The zero-order valence-electron chi connectivity index (χ0n) is 12.7. The Hall–Kier alpha value is -0.940. The lowest BCUT2D eigenvalue weighted by molar-refractivity contribution is -0.192. The number of fused-ring (bicyclic) bond motifs is 1. The lowest BCUT2D eigenvalue weighted by Crippen LogP contribution is -2.70. The van der Waals surface area contributed by atoms with Crippen molar-refractivity contribution in [2.45, 2.75) is 58.6 Å². The van der Waals surface area contributed by atoms with Gasteiger partial charge in [-0.05, 0) is 39.3 Å². The number of aromatic nitrogens is 2. The van der Waals surface area contributed by atoms with Crippen LogP contribution in [-0.2, 0) is 6.42 Å². The number of aliphatic hydroxyl groups excluding tert-OH is 1. The first-order chi connectivity index (χ1) is 9.50. The molecular formula is C15H25N3O2. The van der Waals surface area contributed by atoms with Gasteiger partial charge in [-0.1, -0.05) is 19.0 Å². The Bertz CT molecular complexity index is 471. The van der Waals surface area contributed by atoms with Gasteiger partial charge in [-0.25, -0.2) is 0 Å². The zero-order chi connectivity index (χ0) is 14.3. The second-order valence-electron chi connectivity index (χ2n) is 6.89. The molecule has 0 amide bonds. The van der Waals surface area contributed by atoms with E-state index in [0.717, 1.165) is 31.8 Å². The fraction of sp³-hybridized carbons (Fsp3) is 0.867. The van der Waals surface area contributed by atoms with Crippen LogP contribution in [0.2, 0.25) is 0 Å². The van der Waals surface area contributed by atoms with Crippen molar-refractivity contribution in [3.05, 3.63) is 11.7 Å². The first kappa shape index (κ1) is 14.0. The van der Waals surface area contributed by atoms with Crippen LogP contribution in [0.4, 0.5) is 0 Å². The van der Waals surface area contributed by atoms with E-state index < -0.39 is 0 Å². The van der Waals surface area contributed by atoms with Crippen molar-refractivity contribution in [2.75, 3.05) is 13.1 Å². The molecule has 5 heteroatoms. The second-order valence-corrected chi connectivity index (χ2v) is 6.89. The fourth-order valence-electron chi connectivity index (χ4n) is 4.18. The SMILES string of the molecule is Cc1noc(CCCN2CCC[C@@H]3[C@H](O)C(C)(C)[C@@H]32)n1. The molecule has 0 unspecified atom stereocenters. The van der Waals surface area contributed by atoms with Crippen molar-refractivity contribution in [3.63, 3.8) is 0 Å². The molecule has 1 saturated heterocycles. The minimum atomic E-state index is -0.131. The lowest BCUT2D eigenvalue weighted by atomic mass is 9.54. The lowest BCUT2D eigenvalue weighted by Gasteiger charge is -2.62. The van der Waals surface area contributed by atoms with Crippen molar-refractivity contribution >= 4 is 0 Å². The Morgan fingerprint density at radius 1 is 1.45 bits per heavy atom. The molecule has 0 radical (unpaired) electrons. The quantitative estimate of drug-likeness (QED) is 0.910. The number of rotatable bonds is 4. The van der Waals surface area contributed by atoms with Gasteiger partial charge >= 0.3 is 0 Å². The smallest absolute Gasteiger partial charge is 0.226 e. The Morgan fingerprint density at radius 2 is 2.25 bits per heavy atom. The van der Waals surface area contributed by atoms with Crippen LogP contribution in [0.1, 0.15) is 44.8 Å². The third kappa shape index (κ3) is 2.27. The summed E-state index contributed by atoms with van der Waals surface area (Å²) in [6.45, 7) is 8.44. The number of aliphatic hydroxyl groups is 1. The highest BCUT2D eigenvalue weighted by Crippen LogP contribution is 2.52. The van der Waals surface area contributed by atoms with Crippen molar-refractivity contribution in [1.29, 1.82) is 0 Å². The van der Waals surface area contributed by atoms with E-state index in [9.17, 15) is 5.11 Å². The fourth-order valence-corrected chi connectivity index (χ4v) is 4.18. The molecule has 1 aliphatic heterocycles. The maximum atomic E-state index is 10.2. The summed E-state index contributed by atoms with van der Waals surface area (Å²) in [6, 6.07) is 0.538. The minimum absolute atomic E-state index is 0.0339. The summed E-state index contributed by atoms with van der Waals surface area (Å²) in [7, 11) is 0. The average molecular weight is 279 g/mol. The van der Waals surface area contributed by atoms with E-state index >= 15 is 0 Å². The minimum Gasteiger partial charge on any atom is -0.392 e. The van der Waals surface area contributed by atoms with E-state index in [4.69, 9.17) is 4.52 Å². The Kier molecular flexibility index (Phi) is 3.58. The van der Waals surface area contributed by atoms with Gasteiger partial charge in [0, 0.05) is 23.8 Å². The number of hydrogen-bond donors (Lipinski definition) is 1. The number of likely N-dealkylation sites (tertiary alicyclic amines) is 1. The molecule has 20 heavy (non-hydrogen) atoms. The number of nitrogens with zero attached hydrogens (tertiary/aromatic N) is 3. The summed E-state index contributed by atoms with van der Waals surface area (Å²) in [5.74, 6) is 1.93. The van der Waals surface area contributed by atoms with Gasteiger partial charge in [0.05, 0.1) is 6.10 Å². The predicted molar refractivity (Wildman–Crippen MR) is 75.2 cm³/mol. The van der Waals surface area contributed by atoms with Crippen LogP contribution in [-0.4, -0.2) is 45.4 Å². The van der Waals surface area contributed by atoms with Crippen LogP contribution in [0.3, 0.4) is 0 Å². The van der Waals surface area contributed by atoms with E-state index in [1.807, 2.05) is 6.92 Å². The largest absolute Gasteiger partial charge is 0.392 e. The zero-order valence-corrected chi connectivity index (χ0v) is 12.7. The highest BCUT2D eigenvalue weighted by Gasteiger charge is 2.58. The van der Waals surface area contributed by atoms with E-state index in [1.54, 1.807) is 0 Å². The topological polar surface area (TPSA) is 62.4 Å². The molecule has 112 valence electrons. The molecule has 1 saturated carbocycles. The van der Waals surface area contributed by atoms with Gasteiger partial charge in [0.2, 0.25) is 5.89 Å². The molecule has 1 aromatic heterocycles. The molecular weight excluding hydrogens is 254 g/mol. The Morgan fingerprint density at radius 3 is 2.95 bits per heavy atom. The normalized spacial score (nSPS) is 32.7. The molecule has 1 aromatic rings. The highest BCUT2D eigenvalue weighted by atomic mass is 16.5. The van der Waals surface area contributed by atoms with E-state index in [-0.39, 0.29) is 11.5 Å². The van der Waals surface area contributed by atoms with Gasteiger partial charge in [-0.2, -0.15) is 4.98 Å². The van der Waals surface area contributed by atoms with Crippen LogP contribution in [0.15, 0.2) is 4.52 Å². The van der Waals surface area contributed by atoms with Crippen LogP contribution in [0, 0.1) is 18.3 Å². The van der Waals surface area contributed by atoms with Crippen molar-refractivity contribution < 1.29 is 9.63 Å². The van der Waals surface area contributed by atoms with Gasteiger partial charge in [-0.15, -0.1) is 0 Å². The van der Waals surface area contributed by atoms with Gasteiger partial charge in [0.25, 0.3) is 0 Å². The molecule has 0 bridgehead atoms. The Balaban J connectivity index is 1.54. The first-order valence-electron chi connectivity index (χ1n) is 7.71. The molecule has 0 aromatic carbocycles. The van der Waals surface area contributed by atoms with Crippen molar-refractivity contribution in [1.82, 2.24) is 15.0 Å². The Labute approximate surface area is 120 Å². The predicted octanol–water partition coefficient (Wildman–Crippen LogP) is 1.79. The van der Waals surface area contributed by atoms with E-state index in [0.29, 0.717) is 17.8 Å². The number of hydrogen-bond acceptors (Lipinski definition) is 5. The summed E-state index contributed by atoms with van der Waals surface area (Å²) in [6.07, 6.45) is 4.13. The van der Waals surface area contributed by atoms with E-state index in [2.05, 4.69) is 28.9 Å². The summed E-state index contributed by atoms with van der Waals surface area (Å²) in [5.41, 5.74) is 0.0339. The van der Waals surface area contributed by atoms with Crippen LogP contribution >= 0.6 is 0 Å². The average Bonchev–Trinajstić information content (AvgIpc) is 2.83. The number of piperidine rings is 1. The molecule has 0 spiro atoms. The molecule has 2 heterocycles. The molecule has 1 aliphatic carbocycles. The molecule has 2 fully saturated rings. The van der Waals surface area contributed by atoms with Crippen LogP contribution in [0.5, 0.6) is 0 Å². The summed E-state index contributed by atoms with van der Waals surface area (Å²) < 4.78 is 5.15. The maximum absolute atomic E-state index is 10.2. The number of aryl methyl sites for hydroxylation is 2. The van der Waals surface area contributed by atoms with E-state index in [1.165, 1.54) is 12.8 Å². The standard InChI is InChI=1S/C15H25N3O2/c1-10-16-12(20-17-10)7-5-9-18-8-4-6-11-13(18)15(2,3)14(11)19/h11,13-14,19H,4-9H2,1-3H3/t11-,13+,14-/m0/s1. The van der Waals surface area contributed by atoms with Gasteiger partial charge < -0.3 is 9.63 Å². The summed E-state index contributed by atoms with van der Waals surface area (Å²) >= 11 is 0. The van der Waals surface area contributed by atoms with Gasteiger partial charge in [0.1, 0.15) is 0 Å². The monoisotopic (exact) mass is 279 g/mol. The highest BCUT2D eigenvalue weighted by molar-refractivity contribution is 5.10. The maximum Gasteiger partial charge on any atom is 0.226 e. The van der Waals surface area contributed by atoms with Gasteiger partial charge in [0.15, 0.2) is 5.82 Å². The third-order valence-corrected chi connectivity index (χ3v) is 5.12. The second kappa shape index (κ2) is 5.11. The third-order valence-electron chi connectivity index (χ3n) is 5.12. The molecule has 3 rings (SSSR count). The van der Waals surface area contributed by atoms with Crippen molar-refractivity contribution in [2.24, 2.45) is 11.3 Å². The summed E-state index contributed by atoms with van der Waals surface area (Å²) in [4.78, 5) is 6.81. The molecule has 5 nitrogen and oxygen atoms in total.